The first-order valence-corrected chi connectivity index (χ1v) is 14.0. The molecule has 2 atom stereocenters. The molecule has 1 heterocycles. The van der Waals surface area contributed by atoms with Crippen LogP contribution >= 0.6 is 23.2 Å². The van der Waals surface area contributed by atoms with Crippen LogP contribution in [-0.2, 0) is 11.3 Å². The van der Waals surface area contributed by atoms with Crippen LogP contribution in [0.1, 0.15) is 70.3 Å². The molecule has 0 radical (unpaired) electrons. The number of fused-ring (bicyclic) bond motifs is 1. The third-order valence-corrected chi connectivity index (χ3v) is 8.06. The van der Waals surface area contributed by atoms with Gasteiger partial charge in [0.15, 0.2) is 5.78 Å². The Morgan fingerprint density at radius 3 is 2.26 bits per heavy atom. The Balaban J connectivity index is 1.39. The number of aryl methyl sites for hydroxylation is 1. The zero-order valence-corrected chi connectivity index (χ0v) is 23.4. The van der Waals surface area contributed by atoms with Crippen molar-refractivity contribution in [3.05, 3.63) is 117 Å². The standard InChI is InChI=1S/C33H31Cl2NO3/c1-21-5-8-25-14-26(12-11-24(25)13-21)31-17-28(27-15-29(34)18-30(35)16-27)20-36(31)19-22-6-9-23(10-7-22)32(37)3-2-4-33(38)39/h5-16,18,28,31H,2-4,17,19-20H2,1H3,(H,38,39)/t28-,31-/m1/s1. The smallest absolute Gasteiger partial charge is 0.303 e. The molecule has 0 aromatic heterocycles. The molecule has 39 heavy (non-hydrogen) atoms. The Labute approximate surface area is 239 Å². The summed E-state index contributed by atoms with van der Waals surface area (Å²) in [5.74, 6) is -0.612. The van der Waals surface area contributed by atoms with Crippen molar-refractivity contribution in [3.63, 3.8) is 0 Å². The molecular weight excluding hydrogens is 529 g/mol. The third kappa shape index (κ3) is 6.70. The lowest BCUT2D eigenvalue weighted by Crippen LogP contribution is -2.23. The molecule has 4 aromatic carbocycles. The van der Waals surface area contributed by atoms with E-state index in [0.717, 1.165) is 30.6 Å². The number of carboxylic acid groups (broad SMARTS) is 1. The van der Waals surface area contributed by atoms with Gasteiger partial charge in [-0.15, -0.1) is 0 Å². The van der Waals surface area contributed by atoms with E-state index in [1.54, 1.807) is 6.07 Å². The molecule has 0 saturated carbocycles. The molecule has 4 aromatic rings. The van der Waals surface area contributed by atoms with Gasteiger partial charge in [-0.3, -0.25) is 14.5 Å². The molecule has 0 spiro atoms. The molecule has 4 nitrogen and oxygen atoms in total. The number of aliphatic carboxylic acids is 1. The van der Waals surface area contributed by atoms with Crippen molar-refractivity contribution in [1.82, 2.24) is 4.90 Å². The minimum absolute atomic E-state index is 0.00750. The summed E-state index contributed by atoms with van der Waals surface area (Å²) in [6, 6.07) is 27.1. The largest absolute Gasteiger partial charge is 0.481 e. The molecule has 1 aliphatic heterocycles. The molecule has 0 amide bonds. The maximum atomic E-state index is 12.5. The van der Waals surface area contributed by atoms with E-state index >= 15 is 0 Å². The van der Waals surface area contributed by atoms with E-state index in [9.17, 15) is 9.59 Å². The van der Waals surface area contributed by atoms with Crippen LogP contribution in [0.5, 0.6) is 0 Å². The Bertz CT molecular complexity index is 1500. The Morgan fingerprint density at radius 2 is 1.54 bits per heavy atom. The van der Waals surface area contributed by atoms with Crippen molar-refractivity contribution >= 4 is 45.7 Å². The second kappa shape index (κ2) is 11.9. The predicted octanol–water partition coefficient (Wildman–Crippen LogP) is 8.62. The van der Waals surface area contributed by atoms with E-state index in [-0.39, 0.29) is 30.6 Å². The molecule has 1 saturated heterocycles. The van der Waals surface area contributed by atoms with E-state index < -0.39 is 5.97 Å². The van der Waals surface area contributed by atoms with Crippen molar-refractivity contribution in [2.45, 2.75) is 51.1 Å². The number of hydrogen-bond donors (Lipinski definition) is 1. The summed E-state index contributed by atoms with van der Waals surface area (Å²) >= 11 is 12.7. The van der Waals surface area contributed by atoms with E-state index in [2.05, 4.69) is 48.2 Å². The van der Waals surface area contributed by atoms with Gasteiger partial charge in [-0.1, -0.05) is 83.4 Å². The minimum Gasteiger partial charge on any atom is -0.481 e. The molecular formula is C33H31Cl2NO3. The first-order valence-electron chi connectivity index (χ1n) is 13.3. The highest BCUT2D eigenvalue weighted by molar-refractivity contribution is 6.34. The van der Waals surface area contributed by atoms with Crippen LogP contribution in [0.3, 0.4) is 0 Å². The van der Waals surface area contributed by atoms with E-state index in [4.69, 9.17) is 28.3 Å². The van der Waals surface area contributed by atoms with Gasteiger partial charge in [-0.25, -0.2) is 0 Å². The van der Waals surface area contributed by atoms with E-state index in [0.29, 0.717) is 22.0 Å². The summed E-state index contributed by atoms with van der Waals surface area (Å²) in [6.45, 7) is 3.72. The fraction of sp³-hybridized carbons (Fsp3) is 0.273. The van der Waals surface area contributed by atoms with Gasteiger partial charge in [0.05, 0.1) is 0 Å². The maximum absolute atomic E-state index is 12.5. The van der Waals surface area contributed by atoms with Crippen LogP contribution in [0.25, 0.3) is 10.8 Å². The lowest BCUT2D eigenvalue weighted by Gasteiger charge is -2.25. The minimum atomic E-state index is -0.877. The third-order valence-electron chi connectivity index (χ3n) is 7.62. The van der Waals surface area contributed by atoms with Gasteiger partial charge in [0.25, 0.3) is 0 Å². The van der Waals surface area contributed by atoms with Gasteiger partial charge in [-0.05, 0) is 77.4 Å². The number of nitrogens with zero attached hydrogens (tertiary/aromatic N) is 1. The normalized spacial score (nSPS) is 17.5. The fourth-order valence-electron chi connectivity index (χ4n) is 5.64. The van der Waals surface area contributed by atoms with Crippen LogP contribution in [0, 0.1) is 6.92 Å². The van der Waals surface area contributed by atoms with Crippen molar-refractivity contribution in [1.29, 1.82) is 0 Å². The second-order valence-corrected chi connectivity index (χ2v) is 11.4. The zero-order chi connectivity index (χ0) is 27.5. The summed E-state index contributed by atoms with van der Waals surface area (Å²) in [7, 11) is 0. The summed E-state index contributed by atoms with van der Waals surface area (Å²) in [4.78, 5) is 25.7. The summed E-state index contributed by atoms with van der Waals surface area (Å²) in [5.41, 5.74) is 5.44. The summed E-state index contributed by atoms with van der Waals surface area (Å²) < 4.78 is 0. The van der Waals surface area contributed by atoms with Crippen LogP contribution < -0.4 is 0 Å². The van der Waals surface area contributed by atoms with Crippen molar-refractivity contribution in [2.24, 2.45) is 0 Å². The first kappa shape index (κ1) is 27.4. The Hall–Kier alpha value is -3.18. The Morgan fingerprint density at radius 1 is 0.846 bits per heavy atom. The lowest BCUT2D eigenvalue weighted by atomic mass is 9.93. The fourth-order valence-corrected chi connectivity index (χ4v) is 6.19. The average molecular weight is 561 g/mol. The van der Waals surface area contributed by atoms with E-state index in [1.807, 2.05) is 36.4 Å². The molecule has 0 bridgehead atoms. The molecule has 5 rings (SSSR count). The maximum Gasteiger partial charge on any atom is 0.303 e. The number of ketones is 1. The monoisotopic (exact) mass is 559 g/mol. The summed E-state index contributed by atoms with van der Waals surface area (Å²) in [6.07, 6.45) is 1.55. The van der Waals surface area contributed by atoms with Crippen molar-refractivity contribution in [3.8, 4) is 0 Å². The molecule has 6 heteroatoms. The van der Waals surface area contributed by atoms with Gasteiger partial charge in [0.2, 0.25) is 0 Å². The number of hydrogen-bond acceptors (Lipinski definition) is 3. The zero-order valence-electron chi connectivity index (χ0n) is 21.9. The van der Waals surface area contributed by atoms with Crippen LogP contribution in [-0.4, -0.2) is 28.3 Å². The number of carbonyl (C=O) groups is 2. The summed E-state index contributed by atoms with van der Waals surface area (Å²) in [5, 5.41) is 12.6. The molecule has 0 aliphatic carbocycles. The van der Waals surface area contributed by atoms with Crippen molar-refractivity contribution in [2.75, 3.05) is 6.54 Å². The number of halogens is 2. The Kier molecular flexibility index (Phi) is 8.37. The molecule has 0 unspecified atom stereocenters. The van der Waals surface area contributed by atoms with Crippen LogP contribution in [0.2, 0.25) is 10.0 Å². The number of carbonyl (C=O) groups excluding carboxylic acids is 1. The van der Waals surface area contributed by atoms with Crippen molar-refractivity contribution < 1.29 is 14.7 Å². The van der Waals surface area contributed by atoms with Gasteiger partial charge >= 0.3 is 5.97 Å². The molecule has 1 aliphatic rings. The quantitative estimate of drug-likeness (QED) is 0.208. The number of benzene rings is 4. The highest BCUT2D eigenvalue weighted by atomic mass is 35.5. The molecule has 1 N–H and O–H groups in total. The van der Waals surface area contributed by atoms with Gasteiger partial charge in [-0.2, -0.15) is 0 Å². The van der Waals surface area contributed by atoms with Gasteiger partial charge in [0.1, 0.15) is 0 Å². The number of Topliss-reactive ketones (excluding diaryl/α,β-unsaturated/α-hetero) is 1. The van der Waals surface area contributed by atoms with Crippen LogP contribution in [0.15, 0.2) is 78.9 Å². The lowest BCUT2D eigenvalue weighted by molar-refractivity contribution is -0.137. The first-order chi connectivity index (χ1) is 18.7. The average Bonchev–Trinajstić information content (AvgIpc) is 3.32. The SMILES string of the molecule is Cc1ccc2cc([C@H]3C[C@@H](c4cc(Cl)cc(Cl)c4)CN3Cc3ccc(C(=O)CCCC(=O)O)cc3)ccc2c1. The van der Waals surface area contributed by atoms with Gasteiger partial charge < -0.3 is 5.11 Å². The molecule has 200 valence electrons. The number of carboxylic acids is 1. The predicted molar refractivity (Wildman–Crippen MR) is 158 cm³/mol. The number of likely N-dealkylation sites (tertiary alicyclic amines) is 1. The topological polar surface area (TPSA) is 57.6 Å². The van der Waals surface area contributed by atoms with Gasteiger partial charge in [0, 0.05) is 47.6 Å². The molecule has 1 fully saturated rings. The second-order valence-electron chi connectivity index (χ2n) is 10.6. The van der Waals surface area contributed by atoms with Crippen LogP contribution in [0.4, 0.5) is 0 Å². The number of rotatable bonds is 9. The van der Waals surface area contributed by atoms with E-state index in [1.165, 1.54) is 21.9 Å². The highest BCUT2D eigenvalue weighted by Crippen LogP contribution is 2.43. The highest BCUT2D eigenvalue weighted by Gasteiger charge is 2.34.